The van der Waals surface area contributed by atoms with Crippen LogP contribution in [0.5, 0.6) is 0 Å². The molecule has 0 bridgehead atoms. The van der Waals surface area contributed by atoms with Crippen LogP contribution in [0.1, 0.15) is 36.2 Å². The second kappa shape index (κ2) is 9.91. The van der Waals surface area contributed by atoms with E-state index >= 15 is 0 Å². The SMILES string of the molecule is CCCOC(=O)c1cn(CC)c2nc(N3CCN(Cc4ccccc4)CC3)ncc2c1=O. The zero-order valence-electron chi connectivity index (χ0n) is 18.7. The molecule has 8 nitrogen and oxygen atoms in total. The third-order valence-corrected chi connectivity index (χ3v) is 5.70. The number of carbonyl (C=O) groups excluding carboxylic acids is 1. The number of aryl methyl sites for hydroxylation is 1. The van der Waals surface area contributed by atoms with E-state index in [4.69, 9.17) is 9.72 Å². The summed E-state index contributed by atoms with van der Waals surface area (Å²) in [5.74, 6) is 0.0133. The molecule has 1 fully saturated rings. The lowest BCUT2D eigenvalue weighted by Crippen LogP contribution is -2.46. The molecule has 3 aromatic rings. The van der Waals surface area contributed by atoms with Gasteiger partial charge in [0.1, 0.15) is 11.2 Å². The number of aromatic nitrogens is 3. The summed E-state index contributed by atoms with van der Waals surface area (Å²) in [6.45, 7) is 9.12. The van der Waals surface area contributed by atoms with Crippen molar-refractivity contribution in [3.8, 4) is 0 Å². The number of nitrogens with zero attached hydrogens (tertiary/aromatic N) is 5. The number of pyridine rings is 1. The number of hydrogen-bond acceptors (Lipinski definition) is 7. The molecule has 3 heterocycles. The molecule has 0 radical (unpaired) electrons. The molecule has 1 saturated heterocycles. The minimum absolute atomic E-state index is 0.0266. The van der Waals surface area contributed by atoms with Gasteiger partial charge in [0.2, 0.25) is 11.4 Å². The standard InChI is InChI=1S/C24H29N5O3/c1-3-14-32-23(31)20-17-28(4-2)22-19(21(20)30)15-25-24(26-22)29-12-10-27(11-13-29)16-18-8-6-5-7-9-18/h5-9,15,17H,3-4,10-14,16H2,1-2H3. The first kappa shape index (κ1) is 22.0. The molecule has 0 spiro atoms. The van der Waals surface area contributed by atoms with Crippen LogP contribution in [0.15, 0.2) is 47.5 Å². The normalized spacial score (nSPS) is 14.6. The summed E-state index contributed by atoms with van der Waals surface area (Å²) in [7, 11) is 0. The Kier molecular flexibility index (Phi) is 6.80. The van der Waals surface area contributed by atoms with Crippen LogP contribution in [-0.4, -0.2) is 58.2 Å². The van der Waals surface area contributed by atoms with Crippen molar-refractivity contribution in [2.75, 3.05) is 37.7 Å². The number of ether oxygens (including phenoxy) is 1. The van der Waals surface area contributed by atoms with Gasteiger partial charge in [-0.15, -0.1) is 0 Å². The van der Waals surface area contributed by atoms with Crippen LogP contribution in [-0.2, 0) is 17.8 Å². The molecule has 1 aliphatic heterocycles. The third kappa shape index (κ3) is 4.65. The zero-order chi connectivity index (χ0) is 22.5. The summed E-state index contributed by atoms with van der Waals surface area (Å²) >= 11 is 0. The molecule has 0 unspecified atom stereocenters. The Balaban J connectivity index is 1.53. The van der Waals surface area contributed by atoms with Gasteiger partial charge in [-0.05, 0) is 18.9 Å². The summed E-state index contributed by atoms with van der Waals surface area (Å²) in [4.78, 5) is 39.0. The van der Waals surface area contributed by atoms with E-state index in [-0.39, 0.29) is 17.6 Å². The van der Waals surface area contributed by atoms with Crippen LogP contribution in [0.4, 0.5) is 5.95 Å². The van der Waals surface area contributed by atoms with Crippen molar-refractivity contribution in [3.05, 3.63) is 64.1 Å². The number of carbonyl (C=O) groups is 1. The minimum atomic E-state index is -0.598. The molecule has 0 aliphatic carbocycles. The molecule has 8 heteroatoms. The summed E-state index contributed by atoms with van der Waals surface area (Å²) in [5.41, 5.74) is 1.49. The molecule has 1 aliphatic rings. The van der Waals surface area contributed by atoms with Gasteiger partial charge in [-0.1, -0.05) is 37.3 Å². The van der Waals surface area contributed by atoms with Crippen LogP contribution in [0.2, 0.25) is 0 Å². The van der Waals surface area contributed by atoms with Crippen LogP contribution in [0.3, 0.4) is 0 Å². The van der Waals surface area contributed by atoms with Crippen molar-refractivity contribution in [1.82, 2.24) is 19.4 Å². The number of hydrogen-bond donors (Lipinski definition) is 0. The van der Waals surface area contributed by atoms with Gasteiger partial charge in [0, 0.05) is 51.7 Å². The second-order valence-electron chi connectivity index (χ2n) is 7.95. The summed E-state index contributed by atoms with van der Waals surface area (Å²) in [5, 5.41) is 0.337. The average molecular weight is 436 g/mol. The molecule has 0 saturated carbocycles. The second-order valence-corrected chi connectivity index (χ2v) is 7.95. The fourth-order valence-electron chi connectivity index (χ4n) is 3.92. The molecular weight excluding hydrogens is 406 g/mol. The molecule has 32 heavy (non-hydrogen) atoms. The van der Waals surface area contributed by atoms with Crippen molar-refractivity contribution in [2.24, 2.45) is 0 Å². The Morgan fingerprint density at radius 1 is 1.09 bits per heavy atom. The minimum Gasteiger partial charge on any atom is -0.462 e. The Bertz CT molecular complexity index is 1140. The molecule has 0 N–H and O–H groups in total. The predicted molar refractivity (Wildman–Crippen MR) is 124 cm³/mol. The summed E-state index contributed by atoms with van der Waals surface area (Å²) < 4.78 is 6.99. The van der Waals surface area contributed by atoms with Crippen molar-refractivity contribution < 1.29 is 9.53 Å². The van der Waals surface area contributed by atoms with Gasteiger partial charge in [-0.3, -0.25) is 9.69 Å². The quantitative estimate of drug-likeness (QED) is 0.528. The number of fused-ring (bicyclic) bond motifs is 1. The number of benzene rings is 1. The van der Waals surface area contributed by atoms with Gasteiger partial charge in [0.15, 0.2) is 0 Å². The predicted octanol–water partition coefficient (Wildman–Crippen LogP) is 2.70. The van der Waals surface area contributed by atoms with E-state index in [0.29, 0.717) is 29.9 Å². The lowest BCUT2D eigenvalue weighted by Gasteiger charge is -2.34. The van der Waals surface area contributed by atoms with E-state index in [9.17, 15) is 9.59 Å². The molecule has 168 valence electrons. The third-order valence-electron chi connectivity index (χ3n) is 5.70. The summed E-state index contributed by atoms with van der Waals surface area (Å²) in [6.07, 6.45) is 3.79. The molecule has 4 rings (SSSR count). The van der Waals surface area contributed by atoms with Crippen LogP contribution in [0.25, 0.3) is 11.0 Å². The molecular formula is C24H29N5O3. The smallest absolute Gasteiger partial charge is 0.343 e. The number of esters is 1. The lowest BCUT2D eigenvalue weighted by atomic mass is 10.2. The molecule has 2 aromatic heterocycles. The van der Waals surface area contributed by atoms with E-state index < -0.39 is 5.97 Å². The van der Waals surface area contributed by atoms with E-state index in [1.807, 2.05) is 24.5 Å². The average Bonchev–Trinajstić information content (AvgIpc) is 2.83. The highest BCUT2D eigenvalue weighted by molar-refractivity contribution is 5.93. The largest absolute Gasteiger partial charge is 0.462 e. The maximum Gasteiger partial charge on any atom is 0.343 e. The fraction of sp³-hybridized carbons (Fsp3) is 0.417. The van der Waals surface area contributed by atoms with Crippen molar-refractivity contribution in [1.29, 1.82) is 0 Å². The highest BCUT2D eigenvalue weighted by Gasteiger charge is 2.22. The summed E-state index contributed by atoms with van der Waals surface area (Å²) in [6, 6.07) is 10.5. The fourth-order valence-corrected chi connectivity index (χ4v) is 3.92. The Morgan fingerprint density at radius 2 is 1.84 bits per heavy atom. The van der Waals surface area contributed by atoms with Crippen LogP contribution < -0.4 is 10.3 Å². The van der Waals surface area contributed by atoms with Gasteiger partial charge in [-0.25, -0.2) is 9.78 Å². The lowest BCUT2D eigenvalue weighted by molar-refractivity contribution is 0.0503. The van der Waals surface area contributed by atoms with Gasteiger partial charge in [0.25, 0.3) is 0 Å². The monoisotopic (exact) mass is 435 g/mol. The first-order valence-electron chi connectivity index (χ1n) is 11.2. The maximum atomic E-state index is 12.9. The van der Waals surface area contributed by atoms with Crippen molar-refractivity contribution in [3.63, 3.8) is 0 Å². The highest BCUT2D eigenvalue weighted by atomic mass is 16.5. The van der Waals surface area contributed by atoms with E-state index in [2.05, 4.69) is 39.0 Å². The van der Waals surface area contributed by atoms with Gasteiger partial charge < -0.3 is 14.2 Å². The van der Waals surface area contributed by atoms with Crippen LogP contribution in [0, 0.1) is 0 Å². The maximum absolute atomic E-state index is 12.9. The first-order chi connectivity index (χ1) is 15.6. The number of anilines is 1. The van der Waals surface area contributed by atoms with Gasteiger partial charge in [0.05, 0.1) is 12.0 Å². The topological polar surface area (TPSA) is 80.6 Å². The van der Waals surface area contributed by atoms with Gasteiger partial charge in [-0.2, -0.15) is 4.98 Å². The molecule has 1 aromatic carbocycles. The molecule has 0 atom stereocenters. The van der Waals surface area contributed by atoms with Crippen LogP contribution >= 0.6 is 0 Å². The Hall–Kier alpha value is -3.26. The van der Waals surface area contributed by atoms with E-state index in [1.54, 1.807) is 12.4 Å². The Labute approximate surface area is 187 Å². The van der Waals surface area contributed by atoms with Gasteiger partial charge >= 0.3 is 5.97 Å². The Morgan fingerprint density at radius 3 is 2.53 bits per heavy atom. The number of piperazine rings is 1. The highest BCUT2D eigenvalue weighted by Crippen LogP contribution is 2.17. The van der Waals surface area contributed by atoms with Crippen molar-refractivity contribution in [2.45, 2.75) is 33.4 Å². The number of rotatable bonds is 7. The first-order valence-corrected chi connectivity index (χ1v) is 11.2. The van der Waals surface area contributed by atoms with E-state index in [0.717, 1.165) is 32.7 Å². The molecule has 0 amide bonds. The van der Waals surface area contributed by atoms with E-state index in [1.165, 1.54) is 5.56 Å². The van der Waals surface area contributed by atoms with Crippen molar-refractivity contribution >= 4 is 23.0 Å². The zero-order valence-corrected chi connectivity index (χ0v) is 18.7.